The van der Waals surface area contributed by atoms with Crippen LogP contribution in [0.25, 0.3) is 0 Å². The van der Waals surface area contributed by atoms with Crippen molar-refractivity contribution in [3.8, 4) is 0 Å². The van der Waals surface area contributed by atoms with E-state index in [4.69, 9.17) is 17.3 Å². The Morgan fingerprint density at radius 2 is 2.11 bits per heavy atom. The third kappa shape index (κ3) is 3.25. The predicted octanol–water partition coefficient (Wildman–Crippen LogP) is 3.10. The highest BCUT2D eigenvalue weighted by Gasteiger charge is 2.24. The Morgan fingerprint density at radius 1 is 1.39 bits per heavy atom. The lowest BCUT2D eigenvalue weighted by Crippen LogP contribution is -2.49. The fourth-order valence-electron chi connectivity index (χ4n) is 2.26. The Bertz CT molecular complexity index is 453. The molecule has 5 heteroatoms. The van der Waals surface area contributed by atoms with Gasteiger partial charge in [0.25, 0.3) is 5.91 Å². The highest BCUT2D eigenvalue weighted by Crippen LogP contribution is 2.22. The number of halogens is 2. The maximum atomic E-state index is 12.2. The van der Waals surface area contributed by atoms with Gasteiger partial charge in [0, 0.05) is 16.6 Å². The molecule has 1 aliphatic rings. The summed E-state index contributed by atoms with van der Waals surface area (Å²) in [6.07, 6.45) is 4.17. The van der Waals surface area contributed by atoms with E-state index in [1.54, 1.807) is 12.1 Å². The minimum Gasteiger partial charge on any atom is -0.348 e. The normalized spacial score (nSPS) is 23.7. The summed E-state index contributed by atoms with van der Waals surface area (Å²) in [5.74, 6) is -0.149. The zero-order valence-corrected chi connectivity index (χ0v) is 12.3. The molecule has 2 rings (SSSR count). The van der Waals surface area contributed by atoms with E-state index in [0.29, 0.717) is 10.6 Å². The van der Waals surface area contributed by atoms with Crippen molar-refractivity contribution in [2.75, 3.05) is 0 Å². The van der Waals surface area contributed by atoms with Gasteiger partial charge in [-0.2, -0.15) is 0 Å². The first kappa shape index (κ1) is 13.8. The Hall–Kier alpha value is -0.580. The topological polar surface area (TPSA) is 55.1 Å². The SMILES string of the molecule is N[C@@H]1CCCC[C@H]1NC(=O)c1cc(Br)ccc1Cl. The minimum absolute atomic E-state index is 0.0497. The average molecular weight is 332 g/mol. The Balaban J connectivity index is 2.09. The van der Waals surface area contributed by atoms with Crippen molar-refractivity contribution in [2.24, 2.45) is 5.73 Å². The highest BCUT2D eigenvalue weighted by molar-refractivity contribution is 9.10. The largest absolute Gasteiger partial charge is 0.348 e. The monoisotopic (exact) mass is 330 g/mol. The quantitative estimate of drug-likeness (QED) is 0.875. The first-order chi connectivity index (χ1) is 8.58. The number of hydrogen-bond donors (Lipinski definition) is 2. The molecule has 1 fully saturated rings. The van der Waals surface area contributed by atoms with Crippen LogP contribution in [-0.4, -0.2) is 18.0 Å². The van der Waals surface area contributed by atoms with E-state index in [2.05, 4.69) is 21.2 Å². The predicted molar refractivity (Wildman–Crippen MR) is 76.8 cm³/mol. The van der Waals surface area contributed by atoms with Gasteiger partial charge in [0.2, 0.25) is 0 Å². The minimum atomic E-state index is -0.149. The molecule has 1 aliphatic carbocycles. The smallest absolute Gasteiger partial charge is 0.253 e. The molecule has 1 amide bonds. The van der Waals surface area contributed by atoms with Gasteiger partial charge in [-0.3, -0.25) is 4.79 Å². The van der Waals surface area contributed by atoms with Crippen LogP contribution in [0, 0.1) is 0 Å². The van der Waals surface area contributed by atoms with Crippen LogP contribution in [0.15, 0.2) is 22.7 Å². The zero-order valence-electron chi connectivity index (χ0n) is 9.96. The van der Waals surface area contributed by atoms with Crippen molar-refractivity contribution >= 4 is 33.4 Å². The lowest BCUT2D eigenvalue weighted by molar-refractivity contribution is 0.0921. The van der Waals surface area contributed by atoms with E-state index in [9.17, 15) is 4.79 Å². The second-order valence-electron chi connectivity index (χ2n) is 4.65. The number of amides is 1. The first-order valence-electron chi connectivity index (χ1n) is 6.09. The molecule has 0 aromatic heterocycles. The van der Waals surface area contributed by atoms with Gasteiger partial charge in [0.05, 0.1) is 10.6 Å². The van der Waals surface area contributed by atoms with Gasteiger partial charge < -0.3 is 11.1 Å². The summed E-state index contributed by atoms with van der Waals surface area (Å²) in [7, 11) is 0. The van der Waals surface area contributed by atoms with Crippen molar-refractivity contribution in [2.45, 2.75) is 37.8 Å². The molecule has 0 radical (unpaired) electrons. The van der Waals surface area contributed by atoms with Gasteiger partial charge in [-0.05, 0) is 31.0 Å². The molecule has 0 spiro atoms. The maximum absolute atomic E-state index is 12.2. The van der Waals surface area contributed by atoms with Crippen LogP contribution in [0.1, 0.15) is 36.0 Å². The first-order valence-corrected chi connectivity index (χ1v) is 7.26. The molecule has 0 saturated heterocycles. The number of carbonyl (C=O) groups excluding carboxylic acids is 1. The van der Waals surface area contributed by atoms with Gasteiger partial charge in [0.1, 0.15) is 0 Å². The van der Waals surface area contributed by atoms with Crippen molar-refractivity contribution in [1.82, 2.24) is 5.32 Å². The van der Waals surface area contributed by atoms with Gasteiger partial charge >= 0.3 is 0 Å². The number of nitrogens with two attached hydrogens (primary N) is 1. The Labute approximate surface area is 120 Å². The Morgan fingerprint density at radius 3 is 2.83 bits per heavy atom. The molecule has 3 N–H and O–H groups in total. The Kier molecular flexibility index (Phi) is 4.65. The molecule has 0 heterocycles. The molecule has 1 saturated carbocycles. The summed E-state index contributed by atoms with van der Waals surface area (Å²) in [4.78, 5) is 12.2. The summed E-state index contributed by atoms with van der Waals surface area (Å²) in [5.41, 5.74) is 6.51. The third-order valence-electron chi connectivity index (χ3n) is 3.31. The summed E-state index contributed by atoms with van der Waals surface area (Å²) in [6.45, 7) is 0. The number of hydrogen-bond acceptors (Lipinski definition) is 2. The van der Waals surface area contributed by atoms with Crippen LogP contribution < -0.4 is 11.1 Å². The van der Waals surface area contributed by atoms with E-state index in [1.807, 2.05) is 6.07 Å². The summed E-state index contributed by atoms with van der Waals surface area (Å²) < 4.78 is 0.838. The van der Waals surface area contributed by atoms with Crippen LogP contribution in [-0.2, 0) is 0 Å². The van der Waals surface area contributed by atoms with Crippen molar-refractivity contribution in [1.29, 1.82) is 0 Å². The second kappa shape index (κ2) is 6.04. The summed E-state index contributed by atoms with van der Waals surface area (Å²) in [5, 5.41) is 3.44. The molecule has 1 aromatic rings. The number of rotatable bonds is 2. The molecule has 1 aromatic carbocycles. The van der Waals surface area contributed by atoms with E-state index < -0.39 is 0 Å². The van der Waals surface area contributed by atoms with Crippen LogP contribution in [0.4, 0.5) is 0 Å². The highest BCUT2D eigenvalue weighted by atomic mass is 79.9. The maximum Gasteiger partial charge on any atom is 0.253 e. The van der Waals surface area contributed by atoms with E-state index >= 15 is 0 Å². The van der Waals surface area contributed by atoms with Gasteiger partial charge in [-0.15, -0.1) is 0 Å². The van der Waals surface area contributed by atoms with Crippen LogP contribution in [0.2, 0.25) is 5.02 Å². The molecule has 3 nitrogen and oxygen atoms in total. The lowest BCUT2D eigenvalue weighted by atomic mass is 9.91. The molecule has 0 unspecified atom stereocenters. The molecular formula is C13H16BrClN2O. The molecule has 0 aliphatic heterocycles. The van der Waals surface area contributed by atoms with E-state index in [1.165, 1.54) is 0 Å². The van der Waals surface area contributed by atoms with Gasteiger partial charge in [0.15, 0.2) is 0 Å². The molecule has 18 heavy (non-hydrogen) atoms. The van der Waals surface area contributed by atoms with Crippen LogP contribution in [0.5, 0.6) is 0 Å². The summed E-state index contributed by atoms with van der Waals surface area (Å²) in [6, 6.07) is 5.36. The second-order valence-corrected chi connectivity index (χ2v) is 5.98. The average Bonchev–Trinajstić information content (AvgIpc) is 2.35. The number of carbonyl (C=O) groups is 1. The van der Waals surface area contributed by atoms with Crippen molar-refractivity contribution in [3.63, 3.8) is 0 Å². The fraction of sp³-hybridized carbons (Fsp3) is 0.462. The molecular weight excluding hydrogens is 316 g/mol. The van der Waals surface area contributed by atoms with Crippen molar-refractivity contribution in [3.05, 3.63) is 33.3 Å². The van der Waals surface area contributed by atoms with Gasteiger partial charge in [-0.25, -0.2) is 0 Å². The van der Waals surface area contributed by atoms with E-state index in [0.717, 1.165) is 30.2 Å². The molecule has 2 atom stereocenters. The fourth-order valence-corrected chi connectivity index (χ4v) is 2.82. The van der Waals surface area contributed by atoms with Crippen molar-refractivity contribution < 1.29 is 4.79 Å². The lowest BCUT2D eigenvalue weighted by Gasteiger charge is -2.29. The van der Waals surface area contributed by atoms with E-state index in [-0.39, 0.29) is 18.0 Å². The number of benzene rings is 1. The van der Waals surface area contributed by atoms with Gasteiger partial charge in [-0.1, -0.05) is 40.4 Å². The third-order valence-corrected chi connectivity index (χ3v) is 4.13. The molecule has 98 valence electrons. The standard InChI is InChI=1S/C13H16BrClN2O/c14-8-5-6-10(15)9(7-8)13(18)17-12-4-2-1-3-11(12)16/h5-7,11-12H,1-4,16H2,(H,17,18)/t11-,12-/m1/s1. The zero-order chi connectivity index (χ0) is 13.1. The number of nitrogens with one attached hydrogen (secondary N) is 1. The van der Waals surface area contributed by atoms with Crippen LogP contribution >= 0.6 is 27.5 Å². The molecule has 0 bridgehead atoms. The van der Waals surface area contributed by atoms with Crippen LogP contribution in [0.3, 0.4) is 0 Å². The summed E-state index contributed by atoms with van der Waals surface area (Å²) >= 11 is 9.37.